The van der Waals surface area contributed by atoms with Crippen molar-refractivity contribution in [3.63, 3.8) is 0 Å². The summed E-state index contributed by atoms with van der Waals surface area (Å²) in [6.07, 6.45) is 10.0. The number of benzene rings is 1. The minimum absolute atomic E-state index is 0.0159. The molecule has 0 spiro atoms. The second kappa shape index (κ2) is 12.0. The zero-order valence-corrected chi connectivity index (χ0v) is 19.8. The minimum Gasteiger partial charge on any atom is -0.379 e. The lowest BCUT2D eigenvalue weighted by molar-refractivity contribution is -0.134. The van der Waals surface area contributed by atoms with Gasteiger partial charge in [0.1, 0.15) is 6.54 Å². The number of Topliss-reactive ketones (excluding diaryl/α,β-unsaturated/α-hetero) is 1. The van der Waals surface area contributed by atoms with E-state index >= 15 is 0 Å². The standard InChI is InChI=1S/C27H39N3O2/c1-20(2)17-25(28-21(3)13-14-22-11-7-8-12-22)26(31)19-30-27(32)18-24(29-30)16-15-23-9-5-4-6-10-23/h4-6,9-10,20,22,25,28H,3,7-8,11-19H2,1-2H3/t25-/m0/s1. The van der Waals surface area contributed by atoms with Gasteiger partial charge in [-0.25, -0.2) is 5.01 Å². The molecule has 0 bridgehead atoms. The summed E-state index contributed by atoms with van der Waals surface area (Å²) in [6.45, 7) is 8.45. The van der Waals surface area contributed by atoms with Gasteiger partial charge < -0.3 is 5.32 Å². The first-order valence-corrected chi connectivity index (χ1v) is 12.3. The summed E-state index contributed by atoms with van der Waals surface area (Å²) < 4.78 is 0. The zero-order chi connectivity index (χ0) is 22.9. The first-order chi connectivity index (χ1) is 15.4. The topological polar surface area (TPSA) is 61.8 Å². The van der Waals surface area contributed by atoms with E-state index in [9.17, 15) is 9.59 Å². The van der Waals surface area contributed by atoms with E-state index < -0.39 is 0 Å². The van der Waals surface area contributed by atoms with Crippen molar-refractivity contribution in [2.75, 3.05) is 6.54 Å². The van der Waals surface area contributed by atoms with Crippen LogP contribution in [-0.2, 0) is 16.0 Å². The molecule has 1 saturated carbocycles. The van der Waals surface area contributed by atoms with Crippen molar-refractivity contribution in [1.29, 1.82) is 0 Å². The Hall–Kier alpha value is -2.43. The number of carbonyl (C=O) groups excluding carboxylic acids is 2. The summed E-state index contributed by atoms with van der Waals surface area (Å²) in [6, 6.07) is 9.89. The van der Waals surface area contributed by atoms with Crippen LogP contribution in [0.25, 0.3) is 0 Å². The maximum Gasteiger partial charge on any atom is 0.248 e. The number of amides is 1. The number of rotatable bonds is 13. The smallest absolute Gasteiger partial charge is 0.248 e. The first-order valence-electron chi connectivity index (χ1n) is 12.3. The van der Waals surface area contributed by atoms with Crippen molar-refractivity contribution < 1.29 is 9.59 Å². The van der Waals surface area contributed by atoms with Crippen molar-refractivity contribution in [3.05, 3.63) is 48.2 Å². The van der Waals surface area contributed by atoms with Crippen LogP contribution < -0.4 is 5.32 Å². The molecule has 1 aliphatic heterocycles. The van der Waals surface area contributed by atoms with Crippen LogP contribution in [0.5, 0.6) is 0 Å². The highest BCUT2D eigenvalue weighted by Crippen LogP contribution is 2.29. The number of allylic oxidation sites excluding steroid dienone is 1. The highest BCUT2D eigenvalue weighted by Gasteiger charge is 2.29. The van der Waals surface area contributed by atoms with Gasteiger partial charge in [-0.15, -0.1) is 0 Å². The molecule has 1 aliphatic carbocycles. The maximum atomic E-state index is 13.1. The third kappa shape index (κ3) is 7.61. The van der Waals surface area contributed by atoms with Crippen LogP contribution in [0.3, 0.4) is 0 Å². The molecule has 0 aromatic heterocycles. The molecular formula is C27H39N3O2. The van der Waals surface area contributed by atoms with Gasteiger partial charge in [0.2, 0.25) is 5.91 Å². The molecule has 1 atom stereocenters. The van der Waals surface area contributed by atoms with E-state index in [1.54, 1.807) is 0 Å². The van der Waals surface area contributed by atoms with E-state index in [1.165, 1.54) is 36.3 Å². The molecule has 1 fully saturated rings. The fraction of sp³-hybridized carbons (Fsp3) is 0.593. The summed E-state index contributed by atoms with van der Waals surface area (Å²) >= 11 is 0. The second-order valence-electron chi connectivity index (χ2n) is 9.87. The molecule has 32 heavy (non-hydrogen) atoms. The summed E-state index contributed by atoms with van der Waals surface area (Å²) in [5, 5.41) is 9.25. The summed E-state index contributed by atoms with van der Waals surface area (Å²) in [5.41, 5.74) is 3.03. The monoisotopic (exact) mass is 437 g/mol. The Morgan fingerprint density at radius 3 is 2.59 bits per heavy atom. The minimum atomic E-state index is -0.317. The fourth-order valence-corrected chi connectivity index (χ4v) is 4.72. The van der Waals surface area contributed by atoms with Gasteiger partial charge >= 0.3 is 0 Å². The number of hydrogen-bond donors (Lipinski definition) is 1. The summed E-state index contributed by atoms with van der Waals surface area (Å²) in [4.78, 5) is 25.6. The Morgan fingerprint density at radius 1 is 1.19 bits per heavy atom. The number of hydrogen-bond acceptors (Lipinski definition) is 4. The zero-order valence-electron chi connectivity index (χ0n) is 19.8. The predicted molar refractivity (Wildman–Crippen MR) is 130 cm³/mol. The molecule has 1 aromatic carbocycles. The van der Waals surface area contributed by atoms with Crippen LogP contribution in [-0.4, -0.2) is 35.0 Å². The molecule has 1 N–H and O–H groups in total. The average molecular weight is 438 g/mol. The largest absolute Gasteiger partial charge is 0.379 e. The number of aryl methyl sites for hydroxylation is 1. The van der Waals surface area contributed by atoms with E-state index in [0.717, 1.165) is 49.4 Å². The van der Waals surface area contributed by atoms with Crippen LogP contribution in [0.1, 0.15) is 77.2 Å². The van der Waals surface area contributed by atoms with Crippen LogP contribution in [0.4, 0.5) is 0 Å². The van der Waals surface area contributed by atoms with E-state index in [1.807, 2.05) is 18.2 Å². The van der Waals surface area contributed by atoms with Crippen molar-refractivity contribution in [3.8, 4) is 0 Å². The molecule has 0 saturated heterocycles. The van der Waals surface area contributed by atoms with Crippen LogP contribution in [0, 0.1) is 11.8 Å². The van der Waals surface area contributed by atoms with E-state index in [4.69, 9.17) is 0 Å². The number of nitrogens with one attached hydrogen (secondary N) is 1. The Balaban J connectivity index is 1.51. The molecule has 174 valence electrons. The molecule has 1 amide bonds. The highest BCUT2D eigenvalue weighted by molar-refractivity contribution is 6.06. The van der Waals surface area contributed by atoms with Gasteiger partial charge in [-0.2, -0.15) is 5.10 Å². The van der Waals surface area contributed by atoms with E-state index in [2.05, 4.69) is 43.0 Å². The lowest BCUT2D eigenvalue weighted by Gasteiger charge is -2.24. The van der Waals surface area contributed by atoms with Crippen LogP contribution in [0.15, 0.2) is 47.7 Å². The second-order valence-corrected chi connectivity index (χ2v) is 9.87. The Labute approximate surface area is 193 Å². The van der Waals surface area contributed by atoms with Crippen molar-refractivity contribution >= 4 is 17.4 Å². The summed E-state index contributed by atoms with van der Waals surface area (Å²) in [5.74, 6) is 1.11. The predicted octanol–water partition coefficient (Wildman–Crippen LogP) is 5.27. The number of hydrazone groups is 1. The molecule has 5 heteroatoms. The highest BCUT2D eigenvalue weighted by atomic mass is 16.2. The third-order valence-electron chi connectivity index (χ3n) is 6.56. The van der Waals surface area contributed by atoms with E-state index in [0.29, 0.717) is 12.3 Å². The van der Waals surface area contributed by atoms with Crippen molar-refractivity contribution in [2.45, 2.75) is 84.1 Å². The van der Waals surface area contributed by atoms with Gasteiger partial charge in [-0.05, 0) is 49.5 Å². The maximum absolute atomic E-state index is 13.1. The number of carbonyl (C=O) groups is 2. The first kappa shape index (κ1) is 24.2. The number of nitrogens with zero attached hydrogens (tertiary/aromatic N) is 2. The molecule has 5 nitrogen and oxygen atoms in total. The van der Waals surface area contributed by atoms with Gasteiger partial charge in [-0.3, -0.25) is 9.59 Å². The molecule has 1 heterocycles. The van der Waals surface area contributed by atoms with Crippen LogP contribution in [0.2, 0.25) is 0 Å². The third-order valence-corrected chi connectivity index (χ3v) is 6.56. The van der Waals surface area contributed by atoms with Crippen molar-refractivity contribution in [1.82, 2.24) is 10.3 Å². The quantitative estimate of drug-likeness (QED) is 0.458. The Bertz CT molecular complexity index is 809. The normalized spacial score (nSPS) is 17.7. The molecule has 0 unspecified atom stereocenters. The van der Waals surface area contributed by atoms with Gasteiger partial charge in [0, 0.05) is 11.4 Å². The van der Waals surface area contributed by atoms with Gasteiger partial charge in [0.25, 0.3) is 0 Å². The lowest BCUT2D eigenvalue weighted by atomic mass is 9.98. The van der Waals surface area contributed by atoms with Gasteiger partial charge in [0.15, 0.2) is 5.78 Å². The average Bonchev–Trinajstić information content (AvgIpc) is 3.40. The SMILES string of the molecule is C=C(CCC1CCCC1)N[C@@H](CC(C)C)C(=O)CN1N=C(CCc2ccccc2)CC1=O. The Morgan fingerprint density at radius 2 is 1.91 bits per heavy atom. The van der Waals surface area contributed by atoms with E-state index in [-0.39, 0.29) is 24.3 Å². The van der Waals surface area contributed by atoms with Gasteiger partial charge in [-0.1, -0.05) is 76.4 Å². The molecular weight excluding hydrogens is 398 g/mol. The molecule has 0 radical (unpaired) electrons. The fourth-order valence-electron chi connectivity index (χ4n) is 4.72. The Kier molecular flexibility index (Phi) is 9.07. The molecule has 2 aliphatic rings. The molecule has 1 aromatic rings. The summed E-state index contributed by atoms with van der Waals surface area (Å²) in [7, 11) is 0. The number of ketones is 1. The molecule has 3 rings (SSSR count). The lowest BCUT2D eigenvalue weighted by Crippen LogP contribution is -2.42. The van der Waals surface area contributed by atoms with Crippen LogP contribution >= 0.6 is 0 Å². The van der Waals surface area contributed by atoms with Crippen molar-refractivity contribution in [2.24, 2.45) is 16.9 Å². The van der Waals surface area contributed by atoms with Gasteiger partial charge in [0.05, 0.1) is 12.5 Å².